The van der Waals surface area contributed by atoms with E-state index in [0.717, 1.165) is 0 Å². The number of hydrazine groups is 1. The van der Waals surface area contributed by atoms with E-state index in [9.17, 15) is 20.2 Å². The SMILES string of the molecule is O=[N+]([O-])CC(NNC(C[N+](=O)[O-])C(Cl)(Cl)Cl)C(Cl)(Cl)Cl. The highest BCUT2D eigenvalue weighted by atomic mass is 35.6. The van der Waals surface area contributed by atoms with Crippen molar-refractivity contribution in [1.82, 2.24) is 10.9 Å². The summed E-state index contributed by atoms with van der Waals surface area (Å²) in [5.41, 5.74) is 4.52. The topological polar surface area (TPSA) is 110 Å². The second-order valence-corrected chi connectivity index (χ2v) is 8.25. The molecule has 0 heterocycles. The van der Waals surface area contributed by atoms with E-state index in [4.69, 9.17) is 69.6 Å². The fourth-order valence-electron chi connectivity index (χ4n) is 0.961. The third-order valence-electron chi connectivity index (χ3n) is 1.89. The van der Waals surface area contributed by atoms with Crippen LogP contribution in [0.5, 0.6) is 0 Å². The van der Waals surface area contributed by atoms with Gasteiger partial charge in [0.25, 0.3) is 0 Å². The summed E-state index contributed by atoms with van der Waals surface area (Å²) >= 11 is 33.2. The van der Waals surface area contributed by atoms with Crippen molar-refractivity contribution >= 4 is 69.6 Å². The number of rotatable bonds is 7. The van der Waals surface area contributed by atoms with Crippen molar-refractivity contribution in [2.45, 2.75) is 19.7 Å². The normalized spacial score (nSPS) is 15.7. The fraction of sp³-hybridized carbons (Fsp3) is 1.00. The van der Waals surface area contributed by atoms with E-state index in [0.29, 0.717) is 0 Å². The van der Waals surface area contributed by atoms with Crippen molar-refractivity contribution in [1.29, 1.82) is 0 Å². The quantitative estimate of drug-likeness (QED) is 0.376. The third kappa shape index (κ3) is 8.68. The first-order valence-electron chi connectivity index (χ1n) is 4.72. The number of nitrogens with zero attached hydrogens (tertiary/aromatic N) is 2. The molecule has 0 amide bonds. The molecule has 0 fully saturated rings. The molecule has 0 aliphatic heterocycles. The summed E-state index contributed by atoms with van der Waals surface area (Å²) in [6, 6.07) is -2.60. The molecule has 0 spiro atoms. The minimum absolute atomic E-state index is 0.737. The zero-order valence-electron chi connectivity index (χ0n) is 9.36. The summed E-state index contributed by atoms with van der Waals surface area (Å²) in [7, 11) is 0. The standard InChI is InChI=1S/C6H8Cl6N4O4/c7-5(8,9)3(1-15(17)18)13-14-4(2-16(19)20)6(10,11)12/h3-4,13-14H,1-2H2. The summed E-state index contributed by atoms with van der Waals surface area (Å²) in [6.07, 6.45) is 0. The Labute approximate surface area is 143 Å². The minimum atomic E-state index is -2.05. The van der Waals surface area contributed by atoms with Crippen LogP contribution in [0.3, 0.4) is 0 Å². The van der Waals surface area contributed by atoms with Crippen molar-refractivity contribution in [3.63, 3.8) is 0 Å². The molecule has 0 aliphatic carbocycles. The number of nitrogens with one attached hydrogen (secondary N) is 2. The van der Waals surface area contributed by atoms with Crippen LogP contribution in [0.2, 0.25) is 0 Å². The largest absolute Gasteiger partial charge is 0.264 e. The van der Waals surface area contributed by atoms with E-state index in [1.807, 2.05) is 0 Å². The Bertz CT molecular complexity index is 324. The number of hydrogen-bond acceptors (Lipinski definition) is 6. The van der Waals surface area contributed by atoms with Crippen molar-refractivity contribution < 1.29 is 9.85 Å². The molecule has 2 N–H and O–H groups in total. The molecule has 0 radical (unpaired) electrons. The van der Waals surface area contributed by atoms with Gasteiger partial charge in [-0.3, -0.25) is 20.2 Å². The van der Waals surface area contributed by atoms with Gasteiger partial charge in [-0.05, 0) is 0 Å². The minimum Gasteiger partial charge on any atom is -0.264 e. The van der Waals surface area contributed by atoms with E-state index >= 15 is 0 Å². The summed E-state index contributed by atoms with van der Waals surface area (Å²) in [4.78, 5) is 19.4. The molecular formula is C6H8Cl6N4O4. The molecule has 0 saturated carbocycles. The molecule has 2 atom stereocenters. The molecule has 0 bridgehead atoms. The van der Waals surface area contributed by atoms with Gasteiger partial charge in [-0.2, -0.15) is 0 Å². The molecule has 20 heavy (non-hydrogen) atoms. The number of alkyl halides is 6. The van der Waals surface area contributed by atoms with Gasteiger partial charge in [-0.15, -0.1) is 0 Å². The van der Waals surface area contributed by atoms with Crippen LogP contribution in [-0.4, -0.2) is 42.6 Å². The highest BCUT2D eigenvalue weighted by Gasteiger charge is 2.41. The lowest BCUT2D eigenvalue weighted by Gasteiger charge is -2.27. The fourth-order valence-corrected chi connectivity index (χ4v) is 1.70. The van der Waals surface area contributed by atoms with Crippen LogP contribution in [0.4, 0.5) is 0 Å². The molecule has 0 aliphatic rings. The summed E-state index contributed by atoms with van der Waals surface area (Å²) in [5, 5.41) is 20.9. The van der Waals surface area contributed by atoms with Gasteiger partial charge in [-0.1, -0.05) is 69.6 Å². The van der Waals surface area contributed by atoms with Crippen LogP contribution < -0.4 is 10.9 Å². The predicted molar refractivity (Wildman–Crippen MR) is 78.2 cm³/mol. The van der Waals surface area contributed by atoms with Gasteiger partial charge in [-0.25, -0.2) is 10.9 Å². The Morgan fingerprint density at radius 2 is 1.05 bits per heavy atom. The molecule has 14 heteroatoms. The van der Waals surface area contributed by atoms with E-state index < -0.39 is 42.6 Å². The van der Waals surface area contributed by atoms with Crippen LogP contribution in [-0.2, 0) is 0 Å². The lowest BCUT2D eigenvalue weighted by atomic mass is 10.3. The lowest BCUT2D eigenvalue weighted by Crippen LogP contribution is -2.59. The molecule has 0 rings (SSSR count). The van der Waals surface area contributed by atoms with E-state index in [2.05, 4.69) is 10.9 Å². The van der Waals surface area contributed by atoms with Crippen LogP contribution in [0.15, 0.2) is 0 Å². The Morgan fingerprint density at radius 1 is 0.800 bits per heavy atom. The summed E-state index contributed by atoms with van der Waals surface area (Å²) < 4.78 is -4.10. The Morgan fingerprint density at radius 3 is 1.20 bits per heavy atom. The molecule has 2 unspecified atom stereocenters. The second kappa shape index (κ2) is 8.19. The maximum Gasteiger partial charge on any atom is 0.224 e. The van der Waals surface area contributed by atoms with Crippen LogP contribution in [0, 0.1) is 20.2 Å². The van der Waals surface area contributed by atoms with Gasteiger partial charge in [0, 0.05) is 9.85 Å². The molecular weight excluding hydrogens is 405 g/mol. The first kappa shape index (κ1) is 20.5. The highest BCUT2D eigenvalue weighted by molar-refractivity contribution is 6.68. The number of nitro groups is 2. The number of hydrogen-bond donors (Lipinski definition) is 2. The Balaban J connectivity index is 4.78. The lowest BCUT2D eigenvalue weighted by molar-refractivity contribution is -0.486. The van der Waals surface area contributed by atoms with Crippen molar-refractivity contribution in [3.8, 4) is 0 Å². The van der Waals surface area contributed by atoms with Crippen molar-refractivity contribution in [3.05, 3.63) is 20.2 Å². The summed E-state index contributed by atoms with van der Waals surface area (Å²) in [6.45, 7) is -1.54. The van der Waals surface area contributed by atoms with Crippen molar-refractivity contribution in [2.24, 2.45) is 0 Å². The molecule has 0 aromatic carbocycles. The zero-order valence-corrected chi connectivity index (χ0v) is 13.9. The van der Waals surface area contributed by atoms with E-state index in [-0.39, 0.29) is 0 Å². The highest BCUT2D eigenvalue weighted by Crippen LogP contribution is 2.32. The maximum absolute atomic E-state index is 10.5. The van der Waals surface area contributed by atoms with Gasteiger partial charge >= 0.3 is 0 Å². The smallest absolute Gasteiger partial charge is 0.224 e. The van der Waals surface area contributed by atoms with Crippen LogP contribution in [0.1, 0.15) is 0 Å². The van der Waals surface area contributed by atoms with Gasteiger partial charge in [0.15, 0.2) is 0 Å². The molecule has 118 valence electrons. The van der Waals surface area contributed by atoms with Gasteiger partial charge < -0.3 is 0 Å². The molecule has 0 aromatic heterocycles. The molecule has 0 saturated heterocycles. The predicted octanol–water partition coefficient (Wildman–Crippen LogP) is 2.11. The average molecular weight is 413 g/mol. The Hall–Kier alpha value is 0.460. The molecule has 0 aromatic rings. The average Bonchev–Trinajstić information content (AvgIpc) is 2.17. The van der Waals surface area contributed by atoms with Crippen LogP contribution >= 0.6 is 69.6 Å². The maximum atomic E-state index is 10.5. The van der Waals surface area contributed by atoms with Gasteiger partial charge in [0.2, 0.25) is 20.7 Å². The van der Waals surface area contributed by atoms with Crippen LogP contribution in [0.25, 0.3) is 0 Å². The first-order chi connectivity index (χ1) is 8.84. The molecule has 8 nitrogen and oxygen atoms in total. The monoisotopic (exact) mass is 410 g/mol. The van der Waals surface area contributed by atoms with E-state index in [1.54, 1.807) is 0 Å². The Kier molecular flexibility index (Phi) is 8.38. The third-order valence-corrected chi connectivity index (χ3v) is 3.47. The summed E-state index contributed by atoms with van der Waals surface area (Å²) in [5.74, 6) is 0. The zero-order chi connectivity index (χ0) is 16.1. The van der Waals surface area contributed by atoms with Crippen molar-refractivity contribution in [2.75, 3.05) is 13.1 Å². The first-order valence-corrected chi connectivity index (χ1v) is 6.99. The van der Waals surface area contributed by atoms with E-state index in [1.165, 1.54) is 0 Å². The van der Waals surface area contributed by atoms with Gasteiger partial charge in [0.1, 0.15) is 12.1 Å². The number of halogens is 6. The second-order valence-electron chi connectivity index (χ2n) is 3.51. The van der Waals surface area contributed by atoms with Gasteiger partial charge in [0.05, 0.1) is 0 Å².